The summed E-state index contributed by atoms with van der Waals surface area (Å²) in [4.78, 5) is 65.5. The van der Waals surface area contributed by atoms with E-state index in [1.807, 2.05) is 5.38 Å². The molecule has 4 rings (SSSR count). The molecule has 8 nitrogen and oxygen atoms in total. The van der Waals surface area contributed by atoms with Crippen molar-refractivity contribution in [2.24, 2.45) is 0 Å². The van der Waals surface area contributed by atoms with Gasteiger partial charge in [0.25, 0.3) is 0 Å². The second-order valence-corrected chi connectivity index (χ2v) is 7.80. The molecule has 0 bridgehead atoms. The van der Waals surface area contributed by atoms with Crippen LogP contribution in [0.1, 0.15) is 28.1 Å². The summed E-state index contributed by atoms with van der Waals surface area (Å²) in [6.07, 6.45) is 1.23. The van der Waals surface area contributed by atoms with Crippen LogP contribution in [0.4, 0.5) is 10.5 Å². The van der Waals surface area contributed by atoms with Crippen LogP contribution in [0.3, 0.4) is 0 Å². The predicted molar refractivity (Wildman–Crippen MR) is 104 cm³/mol. The Bertz CT molecular complexity index is 1020. The molecule has 0 spiro atoms. The zero-order chi connectivity index (χ0) is 20.5. The number of imide groups is 2. The number of carbonyl (C=O) groups excluding carboxylic acids is 5. The molecule has 2 saturated heterocycles. The van der Waals surface area contributed by atoms with E-state index < -0.39 is 30.2 Å². The van der Waals surface area contributed by atoms with Crippen molar-refractivity contribution in [1.82, 2.24) is 9.80 Å². The number of Topliss-reactive ketones (excluding diaryl/α,β-unsaturated/α-hetero) is 1. The van der Waals surface area contributed by atoms with Crippen LogP contribution in [0.25, 0.3) is 0 Å². The SMILES string of the molecule is O=C(CN1C(=O)C(=O)N(Cc2cccs2)C1=O)c1cccc(N2CCCC2=O)c1. The van der Waals surface area contributed by atoms with Gasteiger partial charge in [0.2, 0.25) is 5.91 Å². The van der Waals surface area contributed by atoms with Crippen LogP contribution < -0.4 is 4.90 Å². The summed E-state index contributed by atoms with van der Waals surface area (Å²) in [5, 5.41) is 1.81. The van der Waals surface area contributed by atoms with E-state index >= 15 is 0 Å². The Morgan fingerprint density at radius 3 is 2.48 bits per heavy atom. The van der Waals surface area contributed by atoms with Gasteiger partial charge in [-0.2, -0.15) is 0 Å². The maximum absolute atomic E-state index is 12.7. The fourth-order valence-electron chi connectivity index (χ4n) is 3.39. The van der Waals surface area contributed by atoms with Gasteiger partial charge in [0, 0.05) is 29.1 Å². The van der Waals surface area contributed by atoms with E-state index in [-0.39, 0.29) is 18.0 Å². The number of hydrogen-bond acceptors (Lipinski definition) is 6. The maximum Gasteiger partial charge on any atom is 0.335 e. The number of nitrogens with zero attached hydrogens (tertiary/aromatic N) is 3. The Balaban J connectivity index is 1.49. The summed E-state index contributed by atoms with van der Waals surface area (Å²) < 4.78 is 0. The van der Waals surface area contributed by atoms with Crippen LogP contribution in [0, 0.1) is 0 Å². The Morgan fingerprint density at radius 1 is 1.00 bits per heavy atom. The first-order valence-corrected chi connectivity index (χ1v) is 9.97. The lowest BCUT2D eigenvalue weighted by Crippen LogP contribution is -2.36. The first kappa shape index (κ1) is 19.0. The lowest BCUT2D eigenvalue weighted by atomic mass is 10.1. The molecule has 0 N–H and O–H groups in total. The number of rotatable bonds is 6. The summed E-state index contributed by atoms with van der Waals surface area (Å²) in [6.45, 7) is 0.0613. The molecule has 148 valence electrons. The Labute approximate surface area is 170 Å². The van der Waals surface area contributed by atoms with Gasteiger partial charge in [0.15, 0.2) is 5.78 Å². The summed E-state index contributed by atoms with van der Waals surface area (Å²) in [5.74, 6) is -2.43. The summed E-state index contributed by atoms with van der Waals surface area (Å²) in [7, 11) is 0. The van der Waals surface area contributed by atoms with E-state index in [1.165, 1.54) is 11.3 Å². The minimum absolute atomic E-state index is 0.00167. The number of ketones is 1. The minimum Gasteiger partial charge on any atom is -0.312 e. The second-order valence-electron chi connectivity index (χ2n) is 6.77. The van der Waals surface area contributed by atoms with Crippen LogP contribution in [0.2, 0.25) is 0 Å². The van der Waals surface area contributed by atoms with Crippen LogP contribution in [-0.4, -0.2) is 52.4 Å². The van der Waals surface area contributed by atoms with Crippen molar-refractivity contribution < 1.29 is 24.0 Å². The van der Waals surface area contributed by atoms with Gasteiger partial charge < -0.3 is 4.90 Å². The molecule has 0 aliphatic carbocycles. The van der Waals surface area contributed by atoms with Crippen molar-refractivity contribution in [2.75, 3.05) is 18.0 Å². The molecule has 0 atom stereocenters. The van der Waals surface area contributed by atoms with Gasteiger partial charge in [-0.15, -0.1) is 11.3 Å². The van der Waals surface area contributed by atoms with E-state index in [0.29, 0.717) is 23.6 Å². The van der Waals surface area contributed by atoms with E-state index in [1.54, 1.807) is 41.3 Å². The van der Waals surface area contributed by atoms with Crippen molar-refractivity contribution in [1.29, 1.82) is 0 Å². The molecule has 0 saturated carbocycles. The van der Waals surface area contributed by atoms with Crippen molar-refractivity contribution in [3.8, 4) is 0 Å². The molecule has 5 amide bonds. The molecule has 29 heavy (non-hydrogen) atoms. The fourth-order valence-corrected chi connectivity index (χ4v) is 4.08. The number of carbonyl (C=O) groups is 5. The second kappa shape index (κ2) is 7.59. The highest BCUT2D eigenvalue weighted by molar-refractivity contribution is 7.09. The topological polar surface area (TPSA) is 95.1 Å². The quantitative estimate of drug-likeness (QED) is 0.412. The highest BCUT2D eigenvalue weighted by Gasteiger charge is 2.45. The van der Waals surface area contributed by atoms with Crippen molar-refractivity contribution in [3.63, 3.8) is 0 Å². The highest BCUT2D eigenvalue weighted by Crippen LogP contribution is 2.23. The van der Waals surface area contributed by atoms with Gasteiger partial charge in [0.05, 0.1) is 13.1 Å². The molecule has 2 fully saturated rings. The maximum atomic E-state index is 12.7. The molecule has 2 aromatic rings. The van der Waals surface area contributed by atoms with Crippen molar-refractivity contribution in [2.45, 2.75) is 19.4 Å². The normalized spacial score (nSPS) is 17.0. The van der Waals surface area contributed by atoms with Gasteiger partial charge in [-0.1, -0.05) is 18.2 Å². The van der Waals surface area contributed by atoms with Gasteiger partial charge in [0.1, 0.15) is 0 Å². The third-order valence-electron chi connectivity index (χ3n) is 4.88. The molecule has 9 heteroatoms. The van der Waals surface area contributed by atoms with Crippen LogP contribution in [0.5, 0.6) is 0 Å². The van der Waals surface area contributed by atoms with Gasteiger partial charge in [-0.05, 0) is 30.0 Å². The summed E-state index contributed by atoms with van der Waals surface area (Å²) in [5.41, 5.74) is 0.875. The predicted octanol–water partition coefficient (Wildman–Crippen LogP) is 2.05. The lowest BCUT2D eigenvalue weighted by Gasteiger charge is -2.17. The lowest BCUT2D eigenvalue weighted by molar-refractivity contribution is -0.143. The van der Waals surface area contributed by atoms with Gasteiger partial charge in [-0.25, -0.2) is 9.69 Å². The minimum atomic E-state index is -1.01. The molecule has 1 aromatic carbocycles. The first-order chi connectivity index (χ1) is 14.0. The number of thiophene rings is 1. The average molecular weight is 411 g/mol. The highest BCUT2D eigenvalue weighted by atomic mass is 32.1. The summed E-state index contributed by atoms with van der Waals surface area (Å²) >= 11 is 1.37. The van der Waals surface area contributed by atoms with Crippen molar-refractivity contribution in [3.05, 3.63) is 52.2 Å². The smallest absolute Gasteiger partial charge is 0.312 e. The number of amides is 5. The molecule has 1 aromatic heterocycles. The number of anilines is 1. The van der Waals surface area contributed by atoms with Crippen LogP contribution in [0.15, 0.2) is 41.8 Å². The Morgan fingerprint density at radius 2 is 1.79 bits per heavy atom. The molecule has 0 unspecified atom stereocenters. The van der Waals surface area contributed by atoms with E-state index in [0.717, 1.165) is 16.2 Å². The molecular formula is C20H17N3O5S. The number of urea groups is 1. The Hall–Kier alpha value is -3.33. The van der Waals surface area contributed by atoms with Crippen LogP contribution in [-0.2, 0) is 20.9 Å². The number of hydrogen-bond donors (Lipinski definition) is 0. The monoisotopic (exact) mass is 411 g/mol. The van der Waals surface area contributed by atoms with E-state index in [9.17, 15) is 24.0 Å². The van der Waals surface area contributed by atoms with E-state index in [2.05, 4.69) is 0 Å². The van der Waals surface area contributed by atoms with Gasteiger partial charge >= 0.3 is 17.8 Å². The molecular weight excluding hydrogens is 394 g/mol. The first-order valence-electron chi connectivity index (χ1n) is 9.09. The third kappa shape index (κ3) is 3.56. The molecule has 3 heterocycles. The van der Waals surface area contributed by atoms with Gasteiger partial charge in [-0.3, -0.25) is 24.1 Å². The fraction of sp³-hybridized carbons (Fsp3) is 0.250. The van der Waals surface area contributed by atoms with Crippen molar-refractivity contribution >= 4 is 46.6 Å². The average Bonchev–Trinajstić information content (AvgIpc) is 3.43. The zero-order valence-electron chi connectivity index (χ0n) is 15.4. The molecule has 2 aliphatic heterocycles. The standard InChI is InChI=1S/C20H17N3O5S/c24-16(13-4-1-5-14(10-13)21-8-2-7-17(21)25)12-23-19(27)18(26)22(20(23)28)11-15-6-3-9-29-15/h1,3-6,9-10H,2,7-8,11-12H2. The molecule has 0 radical (unpaired) electrons. The largest absolute Gasteiger partial charge is 0.335 e. The Kier molecular flexibility index (Phi) is 4.98. The zero-order valence-corrected chi connectivity index (χ0v) is 16.2. The number of benzene rings is 1. The van der Waals surface area contributed by atoms with Crippen LogP contribution >= 0.6 is 11.3 Å². The van der Waals surface area contributed by atoms with E-state index in [4.69, 9.17) is 0 Å². The summed E-state index contributed by atoms with van der Waals surface area (Å²) in [6, 6.07) is 9.26. The third-order valence-corrected chi connectivity index (χ3v) is 5.75. The molecule has 2 aliphatic rings.